The Hall–Kier alpha value is -1.40. The molecule has 0 aromatic rings. The third kappa shape index (κ3) is 4.57. The van der Waals surface area contributed by atoms with Gasteiger partial charge in [0.15, 0.2) is 6.23 Å². The van der Waals surface area contributed by atoms with Crippen LogP contribution in [0.1, 0.15) is 13.3 Å². The van der Waals surface area contributed by atoms with Crippen LogP contribution in [0.15, 0.2) is 29.7 Å². The molecular formula is C16H26N3O4P. The Morgan fingerprint density at radius 2 is 2.12 bits per heavy atom. The minimum atomic E-state index is -1.23. The molecule has 0 saturated carbocycles. The molecule has 7 nitrogen and oxygen atoms in total. The SMILES string of the molecule is C=C1N=C(NC(C)=O)C=CN1C1O[C@H](CCP(=C)(C)C)[C@@H](O)[C@H]1O. The lowest BCUT2D eigenvalue weighted by molar-refractivity contribution is -0.117. The van der Waals surface area contributed by atoms with E-state index in [1.54, 1.807) is 17.2 Å². The summed E-state index contributed by atoms with van der Waals surface area (Å²) in [7, 11) is 0. The summed E-state index contributed by atoms with van der Waals surface area (Å²) < 4.78 is 5.85. The fraction of sp³-hybridized carbons (Fsp3) is 0.562. The first-order valence-corrected chi connectivity index (χ1v) is 10.8. The van der Waals surface area contributed by atoms with Crippen LogP contribution in [0.25, 0.3) is 0 Å². The molecule has 0 radical (unpaired) electrons. The van der Waals surface area contributed by atoms with Gasteiger partial charge in [0, 0.05) is 13.1 Å². The van der Waals surface area contributed by atoms with E-state index in [-0.39, 0.29) is 5.91 Å². The molecule has 2 aliphatic rings. The van der Waals surface area contributed by atoms with Gasteiger partial charge in [-0.1, -0.05) is 6.58 Å². The van der Waals surface area contributed by atoms with Crippen LogP contribution in [0.4, 0.5) is 0 Å². The maximum Gasteiger partial charge on any atom is 0.222 e. The predicted molar refractivity (Wildman–Crippen MR) is 97.4 cm³/mol. The van der Waals surface area contributed by atoms with E-state index in [0.717, 1.165) is 6.16 Å². The summed E-state index contributed by atoms with van der Waals surface area (Å²) in [6.07, 6.45) is 5.63. The average Bonchev–Trinajstić information content (AvgIpc) is 2.72. The van der Waals surface area contributed by atoms with Crippen LogP contribution in [-0.4, -0.2) is 77.2 Å². The summed E-state index contributed by atoms with van der Waals surface area (Å²) in [5.41, 5.74) is 0. The molecule has 8 heteroatoms. The summed E-state index contributed by atoms with van der Waals surface area (Å²) >= 11 is 0. The van der Waals surface area contributed by atoms with Gasteiger partial charge in [-0.2, -0.15) is 0 Å². The monoisotopic (exact) mass is 355 g/mol. The zero-order chi connectivity index (χ0) is 18.1. The van der Waals surface area contributed by atoms with Crippen molar-refractivity contribution >= 4 is 24.9 Å². The second-order valence-corrected chi connectivity index (χ2v) is 11.1. The second kappa shape index (κ2) is 7.23. The second-order valence-electron chi connectivity index (χ2n) is 6.81. The van der Waals surface area contributed by atoms with Gasteiger partial charge in [0.2, 0.25) is 5.91 Å². The Labute approximate surface area is 142 Å². The molecule has 2 aliphatic heterocycles. The highest BCUT2D eigenvalue weighted by Gasteiger charge is 2.45. The van der Waals surface area contributed by atoms with E-state index in [1.165, 1.54) is 6.92 Å². The molecule has 2 rings (SSSR count). The number of nitrogens with one attached hydrogen (secondary N) is 1. The van der Waals surface area contributed by atoms with Crippen LogP contribution in [0.2, 0.25) is 0 Å². The van der Waals surface area contributed by atoms with Gasteiger partial charge in [-0.05, 0) is 32.0 Å². The van der Waals surface area contributed by atoms with E-state index in [9.17, 15) is 15.0 Å². The molecule has 0 aliphatic carbocycles. The first kappa shape index (κ1) is 18.9. The standard InChI is InChI=1S/C16H26N3O4P/c1-10-17-13(18-11(2)20)6-8-19(10)16-15(22)14(21)12(23-16)7-9-24(3,4)5/h6,8,12,14-16,21-22H,1,3,7,9H2,2,4-5H3,(H,17,18,20)/t12-,14-,15-,16?/m1/s1. The number of amidine groups is 1. The fourth-order valence-electron chi connectivity index (χ4n) is 2.63. The minimum absolute atomic E-state index is 0.230. The van der Waals surface area contributed by atoms with Crippen molar-refractivity contribution in [3.63, 3.8) is 0 Å². The van der Waals surface area contributed by atoms with E-state index in [4.69, 9.17) is 4.74 Å². The average molecular weight is 355 g/mol. The first-order valence-electron chi connectivity index (χ1n) is 7.79. The normalized spacial score (nSPS) is 30.5. The lowest BCUT2D eigenvalue weighted by Gasteiger charge is -2.30. The van der Waals surface area contributed by atoms with Crippen LogP contribution in [0.3, 0.4) is 0 Å². The van der Waals surface area contributed by atoms with Gasteiger partial charge < -0.3 is 25.2 Å². The van der Waals surface area contributed by atoms with Crippen LogP contribution in [0.5, 0.6) is 0 Å². The van der Waals surface area contributed by atoms with Crippen LogP contribution < -0.4 is 5.32 Å². The van der Waals surface area contributed by atoms with Crippen molar-refractivity contribution in [2.75, 3.05) is 19.5 Å². The van der Waals surface area contributed by atoms with Crippen molar-refractivity contribution in [3.05, 3.63) is 24.7 Å². The molecule has 0 spiro atoms. The molecule has 4 atom stereocenters. The van der Waals surface area contributed by atoms with Crippen molar-refractivity contribution in [2.24, 2.45) is 4.99 Å². The van der Waals surface area contributed by atoms with Crippen molar-refractivity contribution in [2.45, 2.75) is 37.9 Å². The Bertz CT molecular complexity index is 625. The number of hydrogen-bond acceptors (Lipinski definition) is 6. The van der Waals surface area contributed by atoms with Gasteiger partial charge in [0.05, 0.1) is 6.10 Å². The molecule has 0 aromatic heterocycles. The van der Waals surface area contributed by atoms with Gasteiger partial charge >= 0.3 is 0 Å². The summed E-state index contributed by atoms with van der Waals surface area (Å²) in [6.45, 7) is 8.23. The van der Waals surface area contributed by atoms with Crippen LogP contribution in [-0.2, 0) is 9.53 Å². The highest BCUT2D eigenvalue weighted by Crippen LogP contribution is 2.38. The zero-order valence-electron chi connectivity index (χ0n) is 14.3. The van der Waals surface area contributed by atoms with Crippen molar-refractivity contribution in [3.8, 4) is 0 Å². The highest BCUT2D eigenvalue weighted by molar-refractivity contribution is 7.72. The summed E-state index contributed by atoms with van der Waals surface area (Å²) in [5.74, 6) is 0.464. The van der Waals surface area contributed by atoms with Gasteiger partial charge in [-0.3, -0.25) is 4.79 Å². The number of aliphatic hydroxyl groups excluding tert-OH is 2. The van der Waals surface area contributed by atoms with Crippen molar-refractivity contribution in [1.29, 1.82) is 0 Å². The molecule has 2 heterocycles. The number of hydrogen-bond donors (Lipinski definition) is 3. The number of carbonyl (C=O) groups excluding carboxylic acids is 1. The Morgan fingerprint density at radius 1 is 1.46 bits per heavy atom. The number of rotatable bonds is 4. The summed E-state index contributed by atoms with van der Waals surface area (Å²) in [5, 5.41) is 23.1. The van der Waals surface area contributed by atoms with E-state index in [1.807, 2.05) is 0 Å². The maximum absolute atomic E-state index is 11.1. The lowest BCUT2D eigenvalue weighted by Crippen LogP contribution is -2.42. The third-order valence-corrected chi connectivity index (χ3v) is 5.34. The summed E-state index contributed by atoms with van der Waals surface area (Å²) in [4.78, 5) is 16.8. The van der Waals surface area contributed by atoms with E-state index >= 15 is 0 Å². The Balaban J connectivity index is 2.04. The molecular weight excluding hydrogens is 329 g/mol. The number of carbonyl (C=O) groups is 1. The molecule has 1 fully saturated rings. The zero-order valence-corrected chi connectivity index (χ0v) is 15.2. The number of aliphatic hydroxyl groups is 2. The molecule has 1 saturated heterocycles. The largest absolute Gasteiger partial charge is 0.388 e. The third-order valence-electron chi connectivity index (χ3n) is 3.87. The van der Waals surface area contributed by atoms with Crippen molar-refractivity contribution < 1.29 is 19.7 Å². The molecule has 1 unspecified atom stereocenters. The topological polar surface area (TPSA) is 94.4 Å². The lowest BCUT2D eigenvalue weighted by atomic mass is 10.1. The number of amides is 1. The number of nitrogens with zero attached hydrogens (tertiary/aromatic N) is 2. The first-order chi connectivity index (χ1) is 11.1. The molecule has 0 bridgehead atoms. The van der Waals surface area contributed by atoms with E-state index < -0.39 is 31.4 Å². The molecule has 134 valence electrons. The smallest absolute Gasteiger partial charge is 0.222 e. The quantitative estimate of drug-likeness (QED) is 0.634. The summed E-state index contributed by atoms with van der Waals surface area (Å²) in [6, 6.07) is 0. The molecule has 3 N–H and O–H groups in total. The predicted octanol–water partition coefficient (Wildman–Crippen LogP) is 0.367. The number of aliphatic imine (C=N–C) groups is 1. The Kier molecular flexibility index (Phi) is 5.71. The maximum atomic E-state index is 11.1. The minimum Gasteiger partial charge on any atom is -0.388 e. The van der Waals surface area contributed by atoms with Crippen LogP contribution in [0, 0.1) is 0 Å². The molecule has 0 aromatic carbocycles. The molecule has 1 amide bonds. The van der Waals surface area contributed by atoms with Crippen LogP contribution >= 0.6 is 6.89 Å². The van der Waals surface area contributed by atoms with Gasteiger partial charge in [-0.15, -0.1) is 13.2 Å². The van der Waals surface area contributed by atoms with Gasteiger partial charge in [0.1, 0.15) is 23.9 Å². The molecule has 24 heavy (non-hydrogen) atoms. The van der Waals surface area contributed by atoms with Gasteiger partial charge in [-0.25, -0.2) is 4.99 Å². The van der Waals surface area contributed by atoms with E-state index in [2.05, 4.69) is 36.5 Å². The Morgan fingerprint density at radius 3 is 2.67 bits per heavy atom. The number of ether oxygens (including phenoxy) is 1. The highest BCUT2D eigenvalue weighted by atomic mass is 31.2. The van der Waals surface area contributed by atoms with Crippen molar-refractivity contribution in [1.82, 2.24) is 10.2 Å². The van der Waals surface area contributed by atoms with Gasteiger partial charge in [0.25, 0.3) is 0 Å². The fourth-order valence-corrected chi connectivity index (χ4v) is 3.58. The van der Waals surface area contributed by atoms with E-state index in [0.29, 0.717) is 18.1 Å².